The van der Waals surface area contributed by atoms with Crippen LogP contribution in [0.15, 0.2) is 36.4 Å². The molecule has 2 aliphatic rings. The van der Waals surface area contributed by atoms with Crippen LogP contribution in [0.1, 0.15) is 74.6 Å². The fraction of sp³-hybridized carbons (Fsp3) is 0.455. The fourth-order valence-electron chi connectivity index (χ4n) is 5.57. The molecule has 2 fully saturated rings. The van der Waals surface area contributed by atoms with E-state index in [0.29, 0.717) is 41.0 Å². The highest BCUT2D eigenvalue weighted by Crippen LogP contribution is 2.25. The van der Waals surface area contributed by atoms with Gasteiger partial charge in [0, 0.05) is 25.2 Å². The van der Waals surface area contributed by atoms with E-state index in [0.717, 1.165) is 58.5 Å². The number of thiocarbonyl (C=S) groups is 2. The maximum absolute atomic E-state index is 12.7. The van der Waals surface area contributed by atoms with E-state index >= 15 is 0 Å². The van der Waals surface area contributed by atoms with Crippen LogP contribution in [0.25, 0.3) is 0 Å². The molecule has 12 heteroatoms. The Kier molecular flexibility index (Phi) is 13.1. The molecule has 0 unspecified atom stereocenters. The zero-order valence-electron chi connectivity index (χ0n) is 25.6. The normalized spacial score (nSPS) is 18.0. The van der Waals surface area contributed by atoms with Gasteiger partial charge in [-0.15, -0.1) is 0 Å². The van der Waals surface area contributed by atoms with Gasteiger partial charge < -0.3 is 20.4 Å². The first kappa shape index (κ1) is 34.7. The number of carbonyl (C=O) groups excluding carboxylic acids is 2. The van der Waals surface area contributed by atoms with Gasteiger partial charge in [-0.2, -0.15) is 10.5 Å². The number of rotatable bonds is 8. The van der Waals surface area contributed by atoms with E-state index < -0.39 is 0 Å². The Morgan fingerprint density at radius 1 is 0.778 bits per heavy atom. The summed E-state index contributed by atoms with van der Waals surface area (Å²) in [5, 5.41) is 25.2. The third-order valence-corrected chi connectivity index (χ3v) is 11.0. The number of hydrogen-bond acceptors (Lipinski definition) is 8. The molecule has 2 aliphatic heterocycles. The third kappa shape index (κ3) is 9.91. The molecule has 2 heterocycles. The summed E-state index contributed by atoms with van der Waals surface area (Å²) in [5.74, 6) is -0.0719. The Morgan fingerprint density at radius 3 is 1.58 bits per heavy atom. The van der Waals surface area contributed by atoms with E-state index in [1.807, 2.05) is 12.1 Å². The molecule has 2 aromatic carbocycles. The number of amides is 2. The van der Waals surface area contributed by atoms with Gasteiger partial charge in [-0.1, -0.05) is 60.1 Å². The number of benzene rings is 2. The van der Waals surface area contributed by atoms with Gasteiger partial charge in [0.2, 0.25) is 11.8 Å². The van der Waals surface area contributed by atoms with Crippen molar-refractivity contribution in [1.29, 1.82) is 10.5 Å². The molecular weight excluding hydrogens is 641 g/mol. The molecule has 8 nitrogen and oxygen atoms in total. The number of anilines is 2. The van der Waals surface area contributed by atoms with Crippen molar-refractivity contribution < 1.29 is 9.59 Å². The van der Waals surface area contributed by atoms with Gasteiger partial charge in [0.25, 0.3) is 0 Å². The standard InChI is InChI=1S/C33H38N6O2S4/c1-22-7-3-5-13-38(22)32(42)44-20-30(40)36-28-11-9-24(16-26(28)18-34)15-25-10-12-29(27(17-25)19-35)37-31(41)21-45-33(43)39-14-6-4-8-23(39)2/h9-12,16-17,22-23H,3-8,13-15,20-21H2,1-2H3,(H,36,40)(H,37,41)/t22-,23-/m1/s1. The molecule has 236 valence electrons. The number of carbonyl (C=O) groups is 2. The molecule has 2 saturated heterocycles. The highest BCUT2D eigenvalue weighted by atomic mass is 32.2. The smallest absolute Gasteiger partial charge is 0.234 e. The first-order valence-corrected chi connectivity index (χ1v) is 18.0. The van der Waals surface area contributed by atoms with Crippen LogP contribution in [0, 0.1) is 22.7 Å². The van der Waals surface area contributed by atoms with Crippen LogP contribution in [0.4, 0.5) is 11.4 Å². The summed E-state index contributed by atoms with van der Waals surface area (Å²) in [7, 11) is 0. The monoisotopic (exact) mass is 678 g/mol. The topological polar surface area (TPSA) is 112 Å². The minimum atomic E-state index is -0.214. The van der Waals surface area contributed by atoms with Crippen LogP contribution in [0.2, 0.25) is 0 Å². The Hall–Kier alpha value is -3.16. The molecule has 0 bridgehead atoms. The summed E-state index contributed by atoms with van der Waals surface area (Å²) in [6.07, 6.45) is 7.32. The number of nitrogens with zero attached hydrogens (tertiary/aromatic N) is 4. The van der Waals surface area contributed by atoms with Crippen molar-refractivity contribution in [1.82, 2.24) is 9.80 Å². The van der Waals surface area contributed by atoms with E-state index in [2.05, 4.69) is 46.4 Å². The molecule has 0 spiro atoms. The maximum atomic E-state index is 12.7. The Morgan fingerprint density at radius 2 is 1.20 bits per heavy atom. The SMILES string of the molecule is C[C@@H]1CCCCN1C(=S)SCC(=O)Nc1ccc(Cc2ccc(NC(=O)CSC(=S)N3CCCC[C@H]3C)c(C#N)c2)cc1C#N. The van der Waals surface area contributed by atoms with Gasteiger partial charge in [-0.25, -0.2) is 0 Å². The van der Waals surface area contributed by atoms with Crippen LogP contribution in [-0.2, 0) is 16.0 Å². The molecule has 2 amide bonds. The minimum absolute atomic E-state index is 0.178. The number of likely N-dealkylation sites (tertiary alicyclic amines) is 2. The van der Waals surface area contributed by atoms with E-state index in [9.17, 15) is 20.1 Å². The van der Waals surface area contributed by atoms with Gasteiger partial charge in [-0.05, 0) is 94.2 Å². The summed E-state index contributed by atoms with van der Waals surface area (Å²) in [5.41, 5.74) is 3.33. The lowest BCUT2D eigenvalue weighted by atomic mass is 10.00. The number of thioether (sulfide) groups is 2. The zero-order chi connectivity index (χ0) is 32.3. The van der Waals surface area contributed by atoms with Crippen molar-refractivity contribution >= 4 is 79.8 Å². The second kappa shape index (κ2) is 17.0. The Labute approximate surface area is 285 Å². The lowest BCUT2D eigenvalue weighted by Gasteiger charge is -2.35. The first-order valence-electron chi connectivity index (χ1n) is 15.2. The molecule has 4 rings (SSSR count). The molecule has 2 N–H and O–H groups in total. The van der Waals surface area contributed by atoms with Crippen molar-refractivity contribution in [3.63, 3.8) is 0 Å². The summed E-state index contributed by atoms with van der Waals surface area (Å²) in [4.78, 5) is 29.7. The molecule has 0 saturated carbocycles. The van der Waals surface area contributed by atoms with Crippen LogP contribution >= 0.6 is 48.0 Å². The summed E-state index contributed by atoms with van der Waals surface area (Å²) in [6.45, 7) is 6.17. The van der Waals surface area contributed by atoms with Crippen LogP contribution < -0.4 is 10.6 Å². The van der Waals surface area contributed by atoms with Crippen molar-refractivity contribution in [3.8, 4) is 12.1 Å². The number of nitrogens with one attached hydrogen (secondary N) is 2. The number of nitriles is 2. The second-order valence-corrected chi connectivity index (χ2v) is 14.7. The van der Waals surface area contributed by atoms with Crippen molar-refractivity contribution in [2.45, 2.75) is 70.9 Å². The summed E-state index contributed by atoms with van der Waals surface area (Å²) in [6, 6.07) is 15.8. The van der Waals surface area contributed by atoms with Gasteiger partial charge in [0.1, 0.15) is 20.8 Å². The molecule has 0 aromatic heterocycles. The molecule has 2 atom stereocenters. The van der Waals surface area contributed by atoms with E-state index in [4.69, 9.17) is 24.4 Å². The first-order chi connectivity index (χ1) is 21.7. The van der Waals surface area contributed by atoms with Crippen molar-refractivity contribution in [3.05, 3.63) is 58.7 Å². The fourth-order valence-corrected chi connectivity index (χ4v) is 8.00. The van der Waals surface area contributed by atoms with Crippen molar-refractivity contribution in [2.75, 3.05) is 35.2 Å². The van der Waals surface area contributed by atoms with E-state index in [1.165, 1.54) is 36.4 Å². The second-order valence-electron chi connectivity index (χ2n) is 11.4. The van der Waals surface area contributed by atoms with E-state index in [-0.39, 0.29) is 23.3 Å². The minimum Gasteiger partial charge on any atom is -0.355 e. The zero-order valence-corrected chi connectivity index (χ0v) is 28.9. The van der Waals surface area contributed by atoms with E-state index in [1.54, 1.807) is 24.3 Å². The van der Waals surface area contributed by atoms with Crippen molar-refractivity contribution in [2.24, 2.45) is 0 Å². The Balaban J connectivity index is 1.30. The average Bonchev–Trinajstić information content (AvgIpc) is 3.04. The molecular formula is C33H38N6O2S4. The largest absolute Gasteiger partial charge is 0.355 e. The van der Waals surface area contributed by atoms with Gasteiger partial charge >= 0.3 is 0 Å². The molecule has 2 aromatic rings. The maximum Gasteiger partial charge on any atom is 0.234 e. The summed E-state index contributed by atoms with van der Waals surface area (Å²) < 4.78 is 1.47. The molecule has 0 radical (unpaired) electrons. The predicted octanol–water partition coefficient (Wildman–Crippen LogP) is 6.68. The van der Waals surface area contributed by atoms with Crippen LogP contribution in [0.3, 0.4) is 0 Å². The third-order valence-electron chi connectivity index (χ3n) is 8.09. The Bertz CT molecular complexity index is 1410. The number of piperidine rings is 2. The molecule has 0 aliphatic carbocycles. The van der Waals surface area contributed by atoms with Gasteiger partial charge in [0.15, 0.2) is 0 Å². The lowest BCUT2D eigenvalue weighted by Crippen LogP contribution is -2.40. The highest BCUT2D eigenvalue weighted by molar-refractivity contribution is 8.23. The highest BCUT2D eigenvalue weighted by Gasteiger charge is 2.23. The average molecular weight is 679 g/mol. The quantitative estimate of drug-likeness (QED) is 0.293. The van der Waals surface area contributed by atoms with Crippen LogP contribution in [-0.4, -0.2) is 66.9 Å². The number of hydrogen-bond donors (Lipinski definition) is 2. The predicted molar refractivity (Wildman–Crippen MR) is 193 cm³/mol. The summed E-state index contributed by atoms with van der Waals surface area (Å²) >= 11 is 13.8. The van der Waals surface area contributed by atoms with Gasteiger partial charge in [-0.3, -0.25) is 9.59 Å². The van der Waals surface area contributed by atoms with Crippen LogP contribution in [0.5, 0.6) is 0 Å². The van der Waals surface area contributed by atoms with Gasteiger partial charge in [0.05, 0.1) is 34.0 Å². The lowest BCUT2D eigenvalue weighted by molar-refractivity contribution is -0.114. The molecule has 45 heavy (non-hydrogen) atoms.